The smallest absolute Gasteiger partial charge is 0.339 e. The zero-order valence-electron chi connectivity index (χ0n) is 19.9. The molecular weight excluding hydrogens is 400 g/mol. The summed E-state index contributed by atoms with van der Waals surface area (Å²) in [5.41, 5.74) is 3.56. The van der Waals surface area contributed by atoms with E-state index in [9.17, 15) is 9.59 Å². The average Bonchev–Trinajstić information content (AvgIpc) is 2.76. The highest BCUT2D eigenvalue weighted by molar-refractivity contribution is 6.05. The van der Waals surface area contributed by atoms with Gasteiger partial charge < -0.3 is 10.1 Å². The van der Waals surface area contributed by atoms with Gasteiger partial charge in [-0.25, -0.2) is 4.79 Å². The van der Waals surface area contributed by atoms with Crippen LogP contribution in [0.3, 0.4) is 0 Å². The molecule has 5 heteroatoms. The van der Waals surface area contributed by atoms with Crippen LogP contribution in [0.25, 0.3) is 10.9 Å². The number of hydrogen-bond acceptors (Lipinski definition) is 4. The number of nitrogens with one attached hydrogen (secondary N) is 1. The predicted octanol–water partition coefficient (Wildman–Crippen LogP) is 5.24. The maximum Gasteiger partial charge on any atom is 0.339 e. The molecule has 0 spiro atoms. The van der Waals surface area contributed by atoms with Crippen LogP contribution in [0.1, 0.15) is 81.4 Å². The number of amides is 1. The van der Waals surface area contributed by atoms with Crippen LogP contribution in [0.4, 0.5) is 0 Å². The molecule has 1 aromatic carbocycles. The van der Waals surface area contributed by atoms with Crippen LogP contribution >= 0.6 is 0 Å². The third-order valence-electron chi connectivity index (χ3n) is 7.48. The lowest BCUT2D eigenvalue weighted by Gasteiger charge is -2.35. The zero-order valence-corrected chi connectivity index (χ0v) is 19.9. The minimum atomic E-state index is -0.416. The van der Waals surface area contributed by atoms with Crippen molar-refractivity contribution in [3.63, 3.8) is 0 Å². The third kappa shape index (κ3) is 4.82. The summed E-state index contributed by atoms with van der Waals surface area (Å²) in [5.74, 6) is 0.313. The maximum absolute atomic E-state index is 13.3. The molecule has 2 aliphatic carbocycles. The van der Waals surface area contributed by atoms with Gasteiger partial charge in [0.1, 0.15) is 0 Å². The molecule has 32 heavy (non-hydrogen) atoms. The lowest BCUT2D eigenvalue weighted by atomic mass is 9.70. The summed E-state index contributed by atoms with van der Waals surface area (Å²) >= 11 is 0. The molecule has 1 aromatic heterocycles. The summed E-state index contributed by atoms with van der Waals surface area (Å²) < 4.78 is 5.58. The van der Waals surface area contributed by atoms with Crippen molar-refractivity contribution in [2.24, 2.45) is 17.3 Å². The van der Waals surface area contributed by atoms with E-state index < -0.39 is 5.97 Å². The molecule has 0 saturated heterocycles. The van der Waals surface area contributed by atoms with E-state index in [-0.39, 0.29) is 24.0 Å². The highest BCUT2D eigenvalue weighted by Crippen LogP contribution is 2.39. The van der Waals surface area contributed by atoms with Crippen LogP contribution in [0.5, 0.6) is 0 Å². The summed E-state index contributed by atoms with van der Waals surface area (Å²) in [7, 11) is 0. The van der Waals surface area contributed by atoms with E-state index in [1.165, 1.54) is 6.42 Å². The fourth-order valence-electron chi connectivity index (χ4n) is 5.34. The molecule has 1 amide bonds. The number of nitrogens with zero attached hydrogens (tertiary/aromatic N) is 1. The van der Waals surface area contributed by atoms with E-state index >= 15 is 0 Å². The number of carbonyl (C=O) groups excluding carboxylic acids is 2. The molecule has 1 heterocycles. The van der Waals surface area contributed by atoms with Gasteiger partial charge in [-0.2, -0.15) is 0 Å². The lowest BCUT2D eigenvalue weighted by Crippen LogP contribution is -2.43. The Morgan fingerprint density at radius 1 is 1.12 bits per heavy atom. The van der Waals surface area contributed by atoms with Crippen LogP contribution in [-0.2, 0) is 22.4 Å². The third-order valence-corrected chi connectivity index (χ3v) is 7.48. The molecular formula is C27H36N2O3. The zero-order chi connectivity index (χ0) is 22.9. The molecule has 2 aromatic rings. The van der Waals surface area contributed by atoms with Gasteiger partial charge >= 0.3 is 5.97 Å². The first kappa shape index (κ1) is 22.8. The Hall–Kier alpha value is -2.43. The standard InChI is InChI=1S/C27H36N2O3/c1-17-9-5-7-11-21(17)29-24(30)16-32-26(31)25-19-10-6-8-12-22(19)28-23-14-13-18(15-20(23)25)27(2,3)4/h6,8,10,12,17-18,21H,5,7,9,11,13-16H2,1-4H3,(H,29,30). The van der Waals surface area contributed by atoms with Crippen molar-refractivity contribution < 1.29 is 14.3 Å². The second kappa shape index (κ2) is 9.21. The number of aryl methyl sites for hydroxylation is 1. The molecule has 4 rings (SSSR count). The van der Waals surface area contributed by atoms with E-state index in [1.54, 1.807) is 0 Å². The topological polar surface area (TPSA) is 68.3 Å². The van der Waals surface area contributed by atoms with E-state index in [2.05, 4.69) is 33.0 Å². The van der Waals surface area contributed by atoms with Crippen LogP contribution in [0.15, 0.2) is 24.3 Å². The van der Waals surface area contributed by atoms with Crippen molar-refractivity contribution in [2.75, 3.05) is 6.61 Å². The number of para-hydroxylation sites is 1. The minimum absolute atomic E-state index is 0.154. The van der Waals surface area contributed by atoms with Gasteiger partial charge in [0.25, 0.3) is 5.91 Å². The van der Waals surface area contributed by atoms with Crippen molar-refractivity contribution >= 4 is 22.8 Å². The van der Waals surface area contributed by atoms with Gasteiger partial charge in [0, 0.05) is 17.1 Å². The molecule has 3 atom stereocenters. The quantitative estimate of drug-likeness (QED) is 0.666. The Balaban J connectivity index is 1.56. The molecule has 2 aliphatic rings. The molecule has 3 unspecified atom stereocenters. The first-order valence-electron chi connectivity index (χ1n) is 12.1. The largest absolute Gasteiger partial charge is 0.452 e. The SMILES string of the molecule is CC1CCCCC1NC(=O)COC(=O)c1c2c(nc3ccccc13)CCC(C(C)(C)C)C2. The van der Waals surface area contributed by atoms with E-state index in [1.807, 2.05) is 24.3 Å². The maximum atomic E-state index is 13.3. The van der Waals surface area contributed by atoms with Gasteiger partial charge in [-0.3, -0.25) is 9.78 Å². The molecule has 1 N–H and O–H groups in total. The van der Waals surface area contributed by atoms with Gasteiger partial charge in [0.15, 0.2) is 6.61 Å². The van der Waals surface area contributed by atoms with E-state index in [0.717, 1.165) is 60.7 Å². The number of benzene rings is 1. The average molecular weight is 437 g/mol. The van der Waals surface area contributed by atoms with Gasteiger partial charge in [-0.15, -0.1) is 0 Å². The number of pyridine rings is 1. The molecule has 0 bridgehead atoms. The minimum Gasteiger partial charge on any atom is -0.452 e. The number of hydrogen-bond donors (Lipinski definition) is 1. The van der Waals surface area contributed by atoms with Crippen molar-refractivity contribution in [3.05, 3.63) is 41.1 Å². The van der Waals surface area contributed by atoms with Crippen molar-refractivity contribution in [2.45, 2.75) is 78.7 Å². The summed E-state index contributed by atoms with van der Waals surface area (Å²) in [5, 5.41) is 3.89. The Morgan fingerprint density at radius 3 is 2.62 bits per heavy atom. The van der Waals surface area contributed by atoms with Gasteiger partial charge in [-0.05, 0) is 61.0 Å². The summed E-state index contributed by atoms with van der Waals surface area (Å²) in [6.45, 7) is 8.70. The second-order valence-corrected chi connectivity index (χ2v) is 10.7. The molecule has 0 radical (unpaired) electrons. The number of carbonyl (C=O) groups is 2. The molecule has 172 valence electrons. The highest BCUT2D eigenvalue weighted by atomic mass is 16.5. The lowest BCUT2D eigenvalue weighted by molar-refractivity contribution is -0.125. The fourth-order valence-corrected chi connectivity index (χ4v) is 5.34. The Bertz CT molecular complexity index is 1010. The second-order valence-electron chi connectivity index (χ2n) is 10.7. The van der Waals surface area contributed by atoms with Crippen molar-refractivity contribution in [1.82, 2.24) is 10.3 Å². The Kier molecular flexibility index (Phi) is 6.55. The van der Waals surface area contributed by atoms with Crippen LogP contribution in [0, 0.1) is 17.3 Å². The van der Waals surface area contributed by atoms with E-state index in [4.69, 9.17) is 9.72 Å². The normalized spacial score (nSPS) is 23.4. The van der Waals surface area contributed by atoms with E-state index in [0.29, 0.717) is 17.4 Å². The Morgan fingerprint density at radius 2 is 1.88 bits per heavy atom. The highest BCUT2D eigenvalue weighted by Gasteiger charge is 2.33. The molecule has 1 fully saturated rings. The molecule has 1 saturated carbocycles. The van der Waals surface area contributed by atoms with Gasteiger partial charge in [0.2, 0.25) is 0 Å². The Labute approximate surface area is 191 Å². The monoisotopic (exact) mass is 436 g/mol. The molecule has 0 aliphatic heterocycles. The van der Waals surface area contributed by atoms with Gasteiger partial charge in [-0.1, -0.05) is 58.7 Å². The van der Waals surface area contributed by atoms with Gasteiger partial charge in [0.05, 0.1) is 11.1 Å². The number of rotatable bonds is 4. The first-order chi connectivity index (χ1) is 15.2. The summed E-state index contributed by atoms with van der Waals surface area (Å²) in [6, 6.07) is 7.92. The molecule has 5 nitrogen and oxygen atoms in total. The summed E-state index contributed by atoms with van der Waals surface area (Å²) in [6.07, 6.45) is 7.23. The van der Waals surface area contributed by atoms with Crippen LogP contribution in [0.2, 0.25) is 0 Å². The number of fused-ring (bicyclic) bond motifs is 2. The first-order valence-corrected chi connectivity index (χ1v) is 12.1. The number of ether oxygens (including phenoxy) is 1. The number of esters is 1. The summed E-state index contributed by atoms with van der Waals surface area (Å²) in [4.78, 5) is 30.7. The van der Waals surface area contributed by atoms with Crippen LogP contribution < -0.4 is 5.32 Å². The number of aromatic nitrogens is 1. The van der Waals surface area contributed by atoms with Crippen molar-refractivity contribution in [3.8, 4) is 0 Å². The van der Waals surface area contributed by atoms with Crippen LogP contribution in [-0.4, -0.2) is 29.5 Å². The fraction of sp³-hybridized carbons (Fsp3) is 0.593. The predicted molar refractivity (Wildman–Crippen MR) is 127 cm³/mol. The van der Waals surface area contributed by atoms with Crippen molar-refractivity contribution in [1.29, 1.82) is 0 Å².